The third kappa shape index (κ3) is 1.83. The zero-order valence-corrected chi connectivity index (χ0v) is 10.8. The van der Waals surface area contributed by atoms with Gasteiger partial charge >= 0.3 is 0 Å². The number of hydrogen-bond acceptors (Lipinski definition) is 3. The zero-order chi connectivity index (χ0) is 13.4. The Balaban J connectivity index is 2.30. The highest BCUT2D eigenvalue weighted by Crippen LogP contribution is 2.17. The van der Waals surface area contributed by atoms with Gasteiger partial charge in [-0.3, -0.25) is 14.9 Å². The van der Waals surface area contributed by atoms with Crippen LogP contribution in [0.1, 0.15) is 18.2 Å². The van der Waals surface area contributed by atoms with Crippen molar-refractivity contribution < 1.29 is 0 Å². The van der Waals surface area contributed by atoms with Gasteiger partial charge in [0.1, 0.15) is 0 Å². The maximum absolute atomic E-state index is 12.1. The van der Waals surface area contributed by atoms with Crippen molar-refractivity contribution in [3.63, 3.8) is 0 Å². The molecule has 0 spiro atoms. The molecule has 3 heterocycles. The Morgan fingerprint density at radius 2 is 2.05 bits per heavy atom. The molecule has 0 aliphatic carbocycles. The van der Waals surface area contributed by atoms with Crippen molar-refractivity contribution in [2.45, 2.75) is 20.3 Å². The molecule has 1 N–H and O–H groups in total. The number of aromatic amines is 1. The highest BCUT2D eigenvalue weighted by Gasteiger charge is 2.11. The lowest BCUT2D eigenvalue weighted by molar-refractivity contribution is 0.858. The summed E-state index contributed by atoms with van der Waals surface area (Å²) in [5.74, 6) is 0. The molecule has 0 fully saturated rings. The molecule has 0 unspecified atom stereocenters. The molecule has 0 aliphatic rings. The smallest absolute Gasteiger partial charge is 0.273 e. The van der Waals surface area contributed by atoms with Crippen molar-refractivity contribution in [1.82, 2.24) is 19.6 Å². The van der Waals surface area contributed by atoms with Crippen LogP contribution in [-0.4, -0.2) is 19.6 Å². The summed E-state index contributed by atoms with van der Waals surface area (Å²) in [4.78, 5) is 20.7. The SMILES string of the molecule is CCc1[nH]n2c(=O)cc(-c3ccncc3)nc2c1C. The molecule has 5 nitrogen and oxygen atoms in total. The van der Waals surface area contributed by atoms with Crippen LogP contribution >= 0.6 is 0 Å². The molecule has 0 saturated heterocycles. The molecular formula is C14H14N4O. The molecule has 0 aromatic carbocycles. The summed E-state index contributed by atoms with van der Waals surface area (Å²) in [5.41, 5.74) is 4.23. The molecule has 19 heavy (non-hydrogen) atoms. The minimum absolute atomic E-state index is 0.0976. The van der Waals surface area contributed by atoms with Gasteiger partial charge in [0, 0.05) is 35.3 Å². The Kier molecular flexibility index (Phi) is 2.67. The predicted molar refractivity (Wildman–Crippen MR) is 73.2 cm³/mol. The van der Waals surface area contributed by atoms with Crippen LogP contribution in [0.3, 0.4) is 0 Å². The lowest BCUT2D eigenvalue weighted by Crippen LogP contribution is -2.14. The molecule has 0 radical (unpaired) electrons. The third-order valence-corrected chi connectivity index (χ3v) is 3.28. The van der Waals surface area contributed by atoms with Gasteiger partial charge in [-0.2, -0.15) is 0 Å². The summed E-state index contributed by atoms with van der Waals surface area (Å²) >= 11 is 0. The van der Waals surface area contributed by atoms with Crippen molar-refractivity contribution in [2.75, 3.05) is 0 Å². The van der Waals surface area contributed by atoms with Gasteiger partial charge in [-0.25, -0.2) is 9.50 Å². The molecule has 3 aromatic rings. The van der Waals surface area contributed by atoms with E-state index in [1.54, 1.807) is 12.4 Å². The summed E-state index contributed by atoms with van der Waals surface area (Å²) in [6, 6.07) is 5.24. The van der Waals surface area contributed by atoms with Gasteiger partial charge in [0.25, 0.3) is 5.56 Å². The van der Waals surface area contributed by atoms with Gasteiger partial charge in [-0.05, 0) is 25.5 Å². The molecule has 0 saturated carbocycles. The van der Waals surface area contributed by atoms with Gasteiger partial charge in [-0.1, -0.05) is 6.92 Å². The van der Waals surface area contributed by atoms with Crippen molar-refractivity contribution in [1.29, 1.82) is 0 Å². The molecular weight excluding hydrogens is 240 g/mol. The molecule has 0 aliphatic heterocycles. The molecule has 3 aromatic heterocycles. The summed E-state index contributed by atoms with van der Waals surface area (Å²) in [5, 5.41) is 3.09. The normalized spacial score (nSPS) is 11.1. The van der Waals surface area contributed by atoms with E-state index in [1.165, 1.54) is 10.6 Å². The molecule has 0 amide bonds. The summed E-state index contributed by atoms with van der Waals surface area (Å²) in [7, 11) is 0. The first kappa shape index (κ1) is 11.6. The molecule has 5 heteroatoms. The van der Waals surface area contributed by atoms with Gasteiger partial charge in [0.05, 0.1) is 5.69 Å². The highest BCUT2D eigenvalue weighted by atomic mass is 16.1. The number of nitrogens with zero attached hydrogens (tertiary/aromatic N) is 3. The number of aromatic nitrogens is 4. The topological polar surface area (TPSA) is 63.0 Å². The highest BCUT2D eigenvalue weighted by molar-refractivity contribution is 5.62. The maximum atomic E-state index is 12.1. The van der Waals surface area contributed by atoms with Gasteiger partial charge < -0.3 is 0 Å². The van der Waals surface area contributed by atoms with E-state index in [1.807, 2.05) is 26.0 Å². The van der Waals surface area contributed by atoms with E-state index in [0.717, 1.165) is 23.2 Å². The first-order chi connectivity index (χ1) is 9.20. The van der Waals surface area contributed by atoms with Crippen molar-refractivity contribution in [2.24, 2.45) is 0 Å². The number of hydrogen-bond donors (Lipinski definition) is 1. The van der Waals surface area contributed by atoms with Crippen molar-refractivity contribution in [3.05, 3.63) is 52.2 Å². The lowest BCUT2D eigenvalue weighted by Gasteiger charge is -2.00. The number of pyridine rings is 1. The lowest BCUT2D eigenvalue weighted by atomic mass is 10.2. The van der Waals surface area contributed by atoms with Crippen molar-refractivity contribution in [3.8, 4) is 11.3 Å². The number of aryl methyl sites for hydroxylation is 2. The summed E-state index contributed by atoms with van der Waals surface area (Å²) in [6.45, 7) is 4.03. The average Bonchev–Trinajstić information content (AvgIpc) is 2.77. The van der Waals surface area contributed by atoms with E-state index in [2.05, 4.69) is 15.1 Å². The van der Waals surface area contributed by atoms with Crippen LogP contribution in [0, 0.1) is 6.92 Å². The van der Waals surface area contributed by atoms with E-state index in [0.29, 0.717) is 11.3 Å². The quantitative estimate of drug-likeness (QED) is 0.760. The zero-order valence-electron chi connectivity index (χ0n) is 10.8. The van der Waals surface area contributed by atoms with E-state index < -0.39 is 0 Å². The van der Waals surface area contributed by atoms with Crippen LogP contribution in [-0.2, 0) is 6.42 Å². The fraction of sp³-hybridized carbons (Fsp3) is 0.214. The van der Waals surface area contributed by atoms with Crippen LogP contribution < -0.4 is 5.56 Å². The fourth-order valence-electron chi connectivity index (χ4n) is 2.21. The molecule has 96 valence electrons. The van der Waals surface area contributed by atoms with E-state index in [4.69, 9.17) is 0 Å². The van der Waals surface area contributed by atoms with Crippen LogP contribution in [0.25, 0.3) is 16.9 Å². The second-order valence-corrected chi connectivity index (χ2v) is 4.44. The number of rotatable bonds is 2. The van der Waals surface area contributed by atoms with Gasteiger partial charge in [0.15, 0.2) is 5.65 Å². The van der Waals surface area contributed by atoms with E-state index >= 15 is 0 Å². The second-order valence-electron chi connectivity index (χ2n) is 4.44. The summed E-state index contributed by atoms with van der Waals surface area (Å²) in [6.07, 6.45) is 4.24. The monoisotopic (exact) mass is 254 g/mol. The average molecular weight is 254 g/mol. The Bertz CT molecular complexity index is 786. The Morgan fingerprint density at radius 3 is 2.74 bits per heavy atom. The van der Waals surface area contributed by atoms with E-state index in [-0.39, 0.29) is 5.56 Å². The minimum atomic E-state index is -0.0976. The van der Waals surface area contributed by atoms with Gasteiger partial charge in [-0.15, -0.1) is 0 Å². The maximum Gasteiger partial charge on any atom is 0.273 e. The Labute approximate surface area is 109 Å². The predicted octanol–water partition coefficient (Wildman–Crippen LogP) is 1.96. The Hall–Kier alpha value is -2.43. The first-order valence-corrected chi connectivity index (χ1v) is 6.22. The van der Waals surface area contributed by atoms with Gasteiger partial charge in [0.2, 0.25) is 0 Å². The number of H-pyrrole nitrogens is 1. The second kappa shape index (κ2) is 4.35. The van der Waals surface area contributed by atoms with E-state index in [9.17, 15) is 4.79 Å². The minimum Gasteiger partial charge on any atom is -0.293 e. The van der Waals surface area contributed by atoms with Crippen LogP contribution in [0.2, 0.25) is 0 Å². The Morgan fingerprint density at radius 1 is 1.32 bits per heavy atom. The molecule has 0 atom stereocenters. The van der Waals surface area contributed by atoms with Crippen LogP contribution in [0.5, 0.6) is 0 Å². The largest absolute Gasteiger partial charge is 0.293 e. The van der Waals surface area contributed by atoms with Crippen LogP contribution in [0.4, 0.5) is 0 Å². The number of fused-ring (bicyclic) bond motifs is 1. The summed E-state index contributed by atoms with van der Waals surface area (Å²) < 4.78 is 1.50. The third-order valence-electron chi connectivity index (χ3n) is 3.28. The standard InChI is InChI=1S/C14H14N4O/c1-3-11-9(2)14-16-12(8-13(19)18(14)17-11)10-4-6-15-7-5-10/h4-8,17H,3H2,1-2H3. The van der Waals surface area contributed by atoms with Crippen molar-refractivity contribution >= 4 is 5.65 Å². The molecule has 0 bridgehead atoms. The van der Waals surface area contributed by atoms with Crippen LogP contribution in [0.15, 0.2) is 35.4 Å². The first-order valence-electron chi connectivity index (χ1n) is 6.22. The molecule has 3 rings (SSSR count). The number of nitrogens with one attached hydrogen (secondary N) is 1. The fourth-order valence-corrected chi connectivity index (χ4v) is 2.21.